The third kappa shape index (κ3) is 3.09. The first kappa shape index (κ1) is 12.2. The molecule has 0 saturated heterocycles. The molecule has 0 aliphatic heterocycles. The smallest absolute Gasteiger partial charge is 0.151 e. The number of nitrogens with zero attached hydrogens (tertiary/aromatic N) is 2. The van der Waals surface area contributed by atoms with Gasteiger partial charge in [0.15, 0.2) is 5.82 Å². The van der Waals surface area contributed by atoms with Crippen LogP contribution in [0.5, 0.6) is 0 Å². The highest BCUT2D eigenvalue weighted by molar-refractivity contribution is 5.65. The molecule has 0 aromatic carbocycles. The molecule has 0 spiro atoms. The summed E-state index contributed by atoms with van der Waals surface area (Å²) >= 11 is 0. The van der Waals surface area contributed by atoms with Gasteiger partial charge in [0.1, 0.15) is 0 Å². The average molecular weight is 234 g/mol. The van der Waals surface area contributed by atoms with E-state index in [2.05, 4.69) is 16.4 Å². The van der Waals surface area contributed by atoms with Gasteiger partial charge in [-0.3, -0.25) is 0 Å². The molecule has 4 heteroatoms. The van der Waals surface area contributed by atoms with Gasteiger partial charge in [0.05, 0.1) is 5.69 Å². The van der Waals surface area contributed by atoms with Crippen molar-refractivity contribution in [3.8, 4) is 0 Å². The van der Waals surface area contributed by atoms with E-state index in [0.717, 1.165) is 24.3 Å². The minimum Gasteiger partial charge on any atom is -0.379 e. The molecule has 2 atom stereocenters. The number of nitrogens with one attached hydrogen (secondary N) is 1. The molecule has 0 amide bonds. The highest BCUT2D eigenvalue weighted by Crippen LogP contribution is 2.25. The second-order valence-electron chi connectivity index (χ2n) is 5.04. The maximum absolute atomic E-state index is 6.01. The molecule has 1 aliphatic carbocycles. The van der Waals surface area contributed by atoms with Gasteiger partial charge in [0.25, 0.3) is 0 Å². The van der Waals surface area contributed by atoms with Crippen LogP contribution in [-0.4, -0.2) is 31.2 Å². The van der Waals surface area contributed by atoms with Crippen LogP contribution < -0.4 is 16.0 Å². The lowest BCUT2D eigenvalue weighted by atomic mass is 9.91. The summed E-state index contributed by atoms with van der Waals surface area (Å²) in [5.74, 6) is 0.992. The fourth-order valence-corrected chi connectivity index (χ4v) is 2.44. The van der Waals surface area contributed by atoms with Crippen molar-refractivity contribution in [1.29, 1.82) is 0 Å². The van der Waals surface area contributed by atoms with Gasteiger partial charge in [-0.2, -0.15) is 0 Å². The van der Waals surface area contributed by atoms with Crippen LogP contribution in [0.2, 0.25) is 0 Å². The van der Waals surface area contributed by atoms with E-state index < -0.39 is 0 Å². The zero-order valence-electron chi connectivity index (χ0n) is 10.7. The summed E-state index contributed by atoms with van der Waals surface area (Å²) in [6.45, 7) is 0. The highest BCUT2D eigenvalue weighted by Gasteiger charge is 2.20. The second kappa shape index (κ2) is 5.36. The molecule has 0 radical (unpaired) electrons. The van der Waals surface area contributed by atoms with Crippen LogP contribution in [-0.2, 0) is 0 Å². The Morgan fingerprint density at radius 1 is 1.41 bits per heavy atom. The number of anilines is 2. The molecule has 1 aromatic rings. The van der Waals surface area contributed by atoms with Crippen molar-refractivity contribution in [3.63, 3.8) is 0 Å². The summed E-state index contributed by atoms with van der Waals surface area (Å²) in [4.78, 5) is 6.43. The highest BCUT2D eigenvalue weighted by atomic mass is 15.2. The Labute approximate surface area is 103 Å². The van der Waals surface area contributed by atoms with Crippen molar-refractivity contribution in [2.75, 3.05) is 24.3 Å². The van der Waals surface area contributed by atoms with Crippen LogP contribution in [0.15, 0.2) is 18.3 Å². The minimum atomic E-state index is 0.348. The molecule has 0 bridgehead atoms. The Hall–Kier alpha value is -1.29. The van der Waals surface area contributed by atoms with Crippen LogP contribution in [0, 0.1) is 0 Å². The number of aromatic nitrogens is 1. The molecular weight excluding hydrogens is 212 g/mol. The van der Waals surface area contributed by atoms with Gasteiger partial charge in [-0.25, -0.2) is 4.98 Å². The van der Waals surface area contributed by atoms with Crippen LogP contribution in [0.25, 0.3) is 0 Å². The molecule has 4 nitrogen and oxygen atoms in total. The maximum Gasteiger partial charge on any atom is 0.151 e. The lowest BCUT2D eigenvalue weighted by Gasteiger charge is -2.29. The van der Waals surface area contributed by atoms with Crippen molar-refractivity contribution in [2.24, 2.45) is 5.73 Å². The zero-order chi connectivity index (χ0) is 12.3. The minimum absolute atomic E-state index is 0.348. The van der Waals surface area contributed by atoms with Gasteiger partial charge < -0.3 is 16.0 Å². The number of hydrogen-bond acceptors (Lipinski definition) is 4. The maximum atomic E-state index is 6.01. The van der Waals surface area contributed by atoms with Crippen molar-refractivity contribution in [1.82, 2.24) is 4.98 Å². The van der Waals surface area contributed by atoms with E-state index in [1.165, 1.54) is 12.8 Å². The lowest BCUT2D eigenvalue weighted by molar-refractivity contribution is 0.409. The first-order valence-corrected chi connectivity index (χ1v) is 6.31. The largest absolute Gasteiger partial charge is 0.379 e. The van der Waals surface area contributed by atoms with Gasteiger partial charge in [-0.15, -0.1) is 0 Å². The van der Waals surface area contributed by atoms with Gasteiger partial charge >= 0.3 is 0 Å². The van der Waals surface area contributed by atoms with Gasteiger partial charge in [0, 0.05) is 32.4 Å². The van der Waals surface area contributed by atoms with E-state index in [-0.39, 0.29) is 0 Å². The third-order valence-corrected chi connectivity index (χ3v) is 3.28. The Morgan fingerprint density at radius 2 is 2.24 bits per heavy atom. The predicted molar refractivity (Wildman–Crippen MR) is 72.4 cm³/mol. The summed E-state index contributed by atoms with van der Waals surface area (Å²) in [5.41, 5.74) is 7.12. The summed E-state index contributed by atoms with van der Waals surface area (Å²) in [6.07, 6.45) is 6.46. The molecule has 17 heavy (non-hydrogen) atoms. The molecule has 3 N–H and O–H groups in total. The molecular formula is C13H22N4. The van der Waals surface area contributed by atoms with E-state index in [9.17, 15) is 0 Å². The lowest BCUT2D eigenvalue weighted by Crippen LogP contribution is -2.35. The van der Waals surface area contributed by atoms with Gasteiger partial charge in [-0.1, -0.05) is 0 Å². The number of nitrogens with two attached hydrogens (primary N) is 1. The topological polar surface area (TPSA) is 54.2 Å². The zero-order valence-corrected chi connectivity index (χ0v) is 10.7. The van der Waals surface area contributed by atoms with Gasteiger partial charge in [-0.05, 0) is 37.8 Å². The van der Waals surface area contributed by atoms with Crippen LogP contribution in [0.1, 0.15) is 25.7 Å². The number of hydrogen-bond donors (Lipinski definition) is 2. The normalized spacial score (nSPS) is 24.4. The predicted octanol–water partition coefficient (Wildman–Crippen LogP) is 1.83. The standard InChI is InChI=1S/C13H22N4/c1-17(2)13-12(7-4-8-15-13)16-11-6-3-5-10(14)9-11/h4,7-8,10-11,16H,3,5-6,9,14H2,1-2H3. The van der Waals surface area contributed by atoms with E-state index in [1.807, 2.05) is 31.3 Å². The summed E-state index contributed by atoms with van der Waals surface area (Å²) in [5, 5.41) is 3.58. The molecule has 1 aromatic heterocycles. The fraction of sp³-hybridized carbons (Fsp3) is 0.615. The number of rotatable bonds is 3. The van der Waals surface area contributed by atoms with Crippen molar-refractivity contribution in [2.45, 2.75) is 37.8 Å². The fourth-order valence-electron chi connectivity index (χ4n) is 2.44. The van der Waals surface area contributed by atoms with E-state index in [4.69, 9.17) is 5.73 Å². The molecule has 1 fully saturated rings. The van der Waals surface area contributed by atoms with Crippen molar-refractivity contribution >= 4 is 11.5 Å². The molecule has 2 unspecified atom stereocenters. The molecule has 1 heterocycles. The van der Waals surface area contributed by atoms with Crippen LogP contribution >= 0.6 is 0 Å². The Morgan fingerprint density at radius 3 is 2.94 bits per heavy atom. The van der Waals surface area contributed by atoms with Gasteiger partial charge in [0.2, 0.25) is 0 Å². The van der Waals surface area contributed by atoms with E-state index in [0.29, 0.717) is 12.1 Å². The SMILES string of the molecule is CN(C)c1ncccc1NC1CCCC(N)C1. The Balaban J connectivity index is 2.07. The second-order valence-corrected chi connectivity index (χ2v) is 5.04. The van der Waals surface area contributed by atoms with E-state index >= 15 is 0 Å². The molecule has 94 valence electrons. The van der Waals surface area contributed by atoms with Crippen molar-refractivity contribution in [3.05, 3.63) is 18.3 Å². The van der Waals surface area contributed by atoms with E-state index in [1.54, 1.807) is 0 Å². The molecule has 2 rings (SSSR count). The van der Waals surface area contributed by atoms with Crippen molar-refractivity contribution < 1.29 is 0 Å². The van der Waals surface area contributed by atoms with Crippen LogP contribution in [0.4, 0.5) is 11.5 Å². The Kier molecular flexibility index (Phi) is 3.84. The summed E-state index contributed by atoms with van der Waals surface area (Å²) in [6, 6.07) is 4.89. The molecule has 1 saturated carbocycles. The number of pyridine rings is 1. The Bertz CT molecular complexity index is 364. The monoisotopic (exact) mass is 234 g/mol. The first-order chi connectivity index (χ1) is 8.16. The first-order valence-electron chi connectivity index (χ1n) is 6.31. The summed E-state index contributed by atoms with van der Waals surface area (Å²) in [7, 11) is 4.03. The summed E-state index contributed by atoms with van der Waals surface area (Å²) < 4.78 is 0. The average Bonchev–Trinajstić information content (AvgIpc) is 2.29. The molecule has 1 aliphatic rings. The quantitative estimate of drug-likeness (QED) is 0.838. The third-order valence-electron chi connectivity index (χ3n) is 3.28. The van der Waals surface area contributed by atoms with Crippen LogP contribution in [0.3, 0.4) is 0 Å².